The number of rotatable bonds is 4. The molecule has 0 aromatic heterocycles. The monoisotopic (exact) mass is 382 g/mol. The number of carbonyl (C=O) groups excluding carboxylic acids is 1. The first kappa shape index (κ1) is 14.8. The maximum atomic E-state index is 12.2. The van der Waals surface area contributed by atoms with Crippen molar-refractivity contribution >= 4 is 34.2 Å². The van der Waals surface area contributed by atoms with E-state index in [-0.39, 0.29) is 17.2 Å². The van der Waals surface area contributed by atoms with Crippen molar-refractivity contribution in [3.8, 4) is 5.75 Å². The lowest BCUT2D eigenvalue weighted by Crippen LogP contribution is -2.15. The van der Waals surface area contributed by atoms with Gasteiger partial charge in [-0.25, -0.2) is 0 Å². The van der Waals surface area contributed by atoms with Crippen molar-refractivity contribution in [1.82, 2.24) is 5.32 Å². The predicted molar refractivity (Wildman–Crippen MR) is 88.0 cm³/mol. The highest BCUT2D eigenvalue weighted by Crippen LogP contribution is 2.22. The van der Waals surface area contributed by atoms with Crippen molar-refractivity contribution in [2.45, 2.75) is 6.54 Å². The molecule has 0 bridgehead atoms. The van der Waals surface area contributed by atoms with Gasteiger partial charge in [0, 0.05) is 15.8 Å². The molecule has 20 heavy (non-hydrogen) atoms. The minimum Gasteiger partial charge on any atom is -0.507 e. The molecule has 0 radical (unpaired) electrons. The van der Waals surface area contributed by atoms with Gasteiger partial charge in [-0.15, -0.1) is 0 Å². The Morgan fingerprint density at radius 1 is 1.25 bits per heavy atom. The van der Waals surface area contributed by atoms with Gasteiger partial charge in [-0.05, 0) is 59.5 Å². The second-order valence-corrected chi connectivity index (χ2v) is 5.55. The number of hydrogen-bond acceptors (Lipinski definition) is 3. The summed E-state index contributed by atoms with van der Waals surface area (Å²) in [6.07, 6.45) is 0. The van der Waals surface area contributed by atoms with Crippen LogP contribution in [0.25, 0.3) is 0 Å². The third-order valence-corrected chi connectivity index (χ3v) is 3.51. The van der Waals surface area contributed by atoms with Gasteiger partial charge in [0.2, 0.25) is 0 Å². The molecule has 3 N–H and O–H groups in total. The quantitative estimate of drug-likeness (QED) is 0.713. The van der Waals surface area contributed by atoms with E-state index >= 15 is 0 Å². The van der Waals surface area contributed by atoms with Crippen molar-refractivity contribution < 1.29 is 9.90 Å². The van der Waals surface area contributed by atoms with E-state index in [1.165, 1.54) is 6.07 Å². The van der Waals surface area contributed by atoms with Crippen LogP contribution >= 0.6 is 22.6 Å². The first-order valence-corrected chi connectivity index (χ1v) is 7.22. The summed E-state index contributed by atoms with van der Waals surface area (Å²) in [7, 11) is 1.85. The lowest BCUT2D eigenvalue weighted by atomic mass is 10.1. The van der Waals surface area contributed by atoms with E-state index in [1.807, 2.05) is 31.3 Å². The molecule has 1 amide bonds. The number of para-hydroxylation sites is 1. The normalized spacial score (nSPS) is 10.3. The number of aromatic hydroxyl groups is 1. The average molecular weight is 382 g/mol. The second kappa shape index (κ2) is 6.71. The Morgan fingerprint density at radius 2 is 2.00 bits per heavy atom. The van der Waals surface area contributed by atoms with Gasteiger partial charge < -0.3 is 15.7 Å². The molecule has 104 valence electrons. The fraction of sp³-hybridized carbons (Fsp3) is 0.133. The summed E-state index contributed by atoms with van der Waals surface area (Å²) >= 11 is 2.11. The predicted octanol–water partition coefficient (Wildman–Crippen LogP) is 2.97. The van der Waals surface area contributed by atoms with E-state index in [2.05, 4.69) is 33.2 Å². The molecule has 5 heteroatoms. The van der Waals surface area contributed by atoms with Gasteiger partial charge in [-0.1, -0.05) is 18.2 Å². The van der Waals surface area contributed by atoms with E-state index < -0.39 is 0 Å². The van der Waals surface area contributed by atoms with Crippen molar-refractivity contribution in [3.05, 3.63) is 57.2 Å². The van der Waals surface area contributed by atoms with Crippen LogP contribution < -0.4 is 10.6 Å². The molecule has 0 spiro atoms. The molecule has 2 rings (SSSR count). The Hall–Kier alpha value is -1.60. The number of phenols is 1. The van der Waals surface area contributed by atoms with E-state index in [4.69, 9.17) is 0 Å². The minimum atomic E-state index is -0.315. The van der Waals surface area contributed by atoms with Crippen molar-refractivity contribution in [3.63, 3.8) is 0 Å². The number of hydrogen-bond donors (Lipinski definition) is 3. The highest BCUT2D eigenvalue weighted by atomic mass is 127. The molecular weight excluding hydrogens is 367 g/mol. The Bertz CT molecular complexity index is 629. The van der Waals surface area contributed by atoms with E-state index in [0.717, 1.165) is 14.8 Å². The van der Waals surface area contributed by atoms with Crippen molar-refractivity contribution in [1.29, 1.82) is 0 Å². The molecule has 0 aliphatic heterocycles. The molecule has 0 aliphatic carbocycles. The SMILES string of the molecule is CNCc1ccccc1NC(=O)c1cc(I)ccc1O. The van der Waals surface area contributed by atoms with Gasteiger partial charge in [0.25, 0.3) is 5.91 Å². The van der Waals surface area contributed by atoms with Crippen LogP contribution in [0.2, 0.25) is 0 Å². The number of carbonyl (C=O) groups is 1. The smallest absolute Gasteiger partial charge is 0.259 e. The molecule has 0 saturated carbocycles. The molecule has 0 heterocycles. The first-order chi connectivity index (χ1) is 9.61. The van der Waals surface area contributed by atoms with E-state index in [1.54, 1.807) is 12.1 Å². The maximum absolute atomic E-state index is 12.2. The van der Waals surface area contributed by atoms with E-state index in [9.17, 15) is 9.90 Å². The van der Waals surface area contributed by atoms with Gasteiger partial charge in [0.1, 0.15) is 5.75 Å². The van der Waals surface area contributed by atoms with Crippen molar-refractivity contribution in [2.75, 3.05) is 12.4 Å². The van der Waals surface area contributed by atoms with Crippen LogP contribution in [0.1, 0.15) is 15.9 Å². The lowest BCUT2D eigenvalue weighted by molar-refractivity contribution is 0.102. The fourth-order valence-electron chi connectivity index (χ4n) is 1.87. The zero-order valence-electron chi connectivity index (χ0n) is 11.0. The number of anilines is 1. The zero-order chi connectivity index (χ0) is 14.5. The van der Waals surface area contributed by atoms with Crippen LogP contribution in [0.15, 0.2) is 42.5 Å². The maximum Gasteiger partial charge on any atom is 0.259 e. The number of halogens is 1. The highest BCUT2D eigenvalue weighted by molar-refractivity contribution is 14.1. The lowest BCUT2D eigenvalue weighted by Gasteiger charge is -2.11. The standard InChI is InChI=1S/C15H15IN2O2/c1-17-9-10-4-2-3-5-13(10)18-15(20)12-8-11(16)6-7-14(12)19/h2-8,17,19H,9H2,1H3,(H,18,20). The Labute approximate surface area is 131 Å². The molecule has 2 aromatic carbocycles. The largest absolute Gasteiger partial charge is 0.507 e. The zero-order valence-corrected chi connectivity index (χ0v) is 13.1. The topological polar surface area (TPSA) is 61.4 Å². The minimum absolute atomic E-state index is 0.0194. The summed E-state index contributed by atoms with van der Waals surface area (Å²) in [5, 5.41) is 15.7. The Balaban J connectivity index is 2.26. The van der Waals surface area contributed by atoms with Gasteiger partial charge in [0.05, 0.1) is 5.56 Å². The molecule has 0 atom stereocenters. The molecule has 4 nitrogen and oxygen atoms in total. The Kier molecular flexibility index (Phi) is 4.97. The molecule has 0 unspecified atom stereocenters. The fourth-order valence-corrected chi connectivity index (χ4v) is 2.36. The number of phenolic OH excluding ortho intramolecular Hbond substituents is 1. The third-order valence-electron chi connectivity index (χ3n) is 2.84. The first-order valence-electron chi connectivity index (χ1n) is 6.14. The summed E-state index contributed by atoms with van der Waals surface area (Å²) in [5.74, 6) is -0.335. The summed E-state index contributed by atoms with van der Waals surface area (Å²) < 4.78 is 0.897. The van der Waals surface area contributed by atoms with Crippen LogP contribution in [0.3, 0.4) is 0 Å². The molecule has 0 aliphatic rings. The van der Waals surface area contributed by atoms with Crippen LogP contribution in [0.5, 0.6) is 5.75 Å². The summed E-state index contributed by atoms with van der Waals surface area (Å²) in [4.78, 5) is 12.2. The molecule has 0 fully saturated rings. The molecule has 0 saturated heterocycles. The number of benzene rings is 2. The number of amides is 1. The average Bonchev–Trinajstić information content (AvgIpc) is 2.44. The third kappa shape index (κ3) is 3.49. The highest BCUT2D eigenvalue weighted by Gasteiger charge is 2.13. The molecule has 2 aromatic rings. The van der Waals surface area contributed by atoms with Gasteiger partial charge >= 0.3 is 0 Å². The van der Waals surface area contributed by atoms with Crippen LogP contribution in [0, 0.1) is 3.57 Å². The summed E-state index contributed by atoms with van der Waals surface area (Å²) in [5.41, 5.74) is 2.01. The molecular formula is C15H15IN2O2. The van der Waals surface area contributed by atoms with Gasteiger partial charge in [-0.2, -0.15) is 0 Å². The van der Waals surface area contributed by atoms with Crippen LogP contribution in [-0.4, -0.2) is 18.1 Å². The van der Waals surface area contributed by atoms with E-state index in [0.29, 0.717) is 6.54 Å². The number of nitrogens with one attached hydrogen (secondary N) is 2. The second-order valence-electron chi connectivity index (χ2n) is 4.30. The Morgan fingerprint density at radius 3 is 2.75 bits per heavy atom. The van der Waals surface area contributed by atoms with Crippen LogP contribution in [-0.2, 0) is 6.54 Å². The summed E-state index contributed by atoms with van der Waals surface area (Å²) in [6, 6.07) is 12.5. The van der Waals surface area contributed by atoms with Crippen LogP contribution in [0.4, 0.5) is 5.69 Å². The van der Waals surface area contributed by atoms with Gasteiger partial charge in [0.15, 0.2) is 0 Å². The van der Waals surface area contributed by atoms with Crippen molar-refractivity contribution in [2.24, 2.45) is 0 Å². The van der Waals surface area contributed by atoms with Gasteiger partial charge in [-0.3, -0.25) is 4.79 Å². The summed E-state index contributed by atoms with van der Waals surface area (Å²) in [6.45, 7) is 0.661.